The van der Waals surface area contributed by atoms with E-state index in [1.807, 2.05) is 0 Å². The number of ether oxygens (including phenoxy) is 2. The molecule has 0 aromatic rings. The van der Waals surface area contributed by atoms with Crippen molar-refractivity contribution in [3.63, 3.8) is 0 Å². The topological polar surface area (TPSA) is 154 Å². The van der Waals surface area contributed by atoms with Crippen LogP contribution in [0.1, 0.15) is 27.2 Å². The van der Waals surface area contributed by atoms with Gasteiger partial charge in [-0.15, -0.1) is 0 Å². The standard InChI is InChI=1S/C20H26O9/c1-7-4-9(21)13(23)17(2)8(7)5-10-19-6-28-18(3,14(24)11(22)12(17)19)20(19,27)15(25)16(26)29-10/h4,8,10-15,22-25,27H,5-6H2,1-3H3/t8-,10+,11+,12+,13+,14-,15-,17-,18?,19+,20+/m0/s1. The summed E-state index contributed by atoms with van der Waals surface area (Å²) in [7, 11) is 0. The molecule has 2 heterocycles. The van der Waals surface area contributed by atoms with Gasteiger partial charge in [0.1, 0.15) is 29.5 Å². The van der Waals surface area contributed by atoms with Crippen molar-refractivity contribution in [2.75, 3.05) is 6.61 Å². The van der Waals surface area contributed by atoms with Gasteiger partial charge in [0.2, 0.25) is 0 Å². The predicted molar refractivity (Wildman–Crippen MR) is 94.1 cm³/mol. The maximum absolute atomic E-state index is 12.5. The first-order valence-corrected chi connectivity index (χ1v) is 9.90. The maximum atomic E-state index is 12.5. The summed E-state index contributed by atoms with van der Waals surface area (Å²) in [4.78, 5) is 25.0. The van der Waals surface area contributed by atoms with E-state index in [1.165, 1.54) is 13.0 Å². The smallest absolute Gasteiger partial charge is 0.338 e. The van der Waals surface area contributed by atoms with Gasteiger partial charge in [-0.1, -0.05) is 12.5 Å². The normalized spacial score (nSPS) is 60.8. The molecule has 5 rings (SSSR count). The van der Waals surface area contributed by atoms with Crippen molar-refractivity contribution in [3.8, 4) is 0 Å². The third-order valence-electron chi connectivity index (χ3n) is 8.96. The molecule has 5 N–H and O–H groups in total. The van der Waals surface area contributed by atoms with E-state index in [2.05, 4.69) is 0 Å². The van der Waals surface area contributed by atoms with Gasteiger partial charge in [-0.3, -0.25) is 4.79 Å². The van der Waals surface area contributed by atoms with Gasteiger partial charge >= 0.3 is 5.97 Å². The number of aliphatic hydroxyl groups is 5. The monoisotopic (exact) mass is 410 g/mol. The van der Waals surface area contributed by atoms with E-state index in [-0.39, 0.29) is 13.0 Å². The number of esters is 1. The van der Waals surface area contributed by atoms with Crippen LogP contribution < -0.4 is 0 Å². The highest BCUT2D eigenvalue weighted by atomic mass is 16.6. The molecule has 160 valence electrons. The van der Waals surface area contributed by atoms with Crippen LogP contribution in [0.4, 0.5) is 0 Å². The van der Waals surface area contributed by atoms with Gasteiger partial charge in [0.15, 0.2) is 11.9 Å². The Balaban J connectivity index is 1.83. The molecule has 0 aromatic heterocycles. The molecular formula is C20H26O9. The highest BCUT2D eigenvalue weighted by molar-refractivity contribution is 5.96. The Bertz CT molecular complexity index is 855. The Morgan fingerprint density at radius 2 is 1.76 bits per heavy atom. The van der Waals surface area contributed by atoms with E-state index in [4.69, 9.17) is 9.47 Å². The Morgan fingerprint density at radius 3 is 2.41 bits per heavy atom. The summed E-state index contributed by atoms with van der Waals surface area (Å²) in [5.41, 5.74) is -6.22. The average Bonchev–Trinajstić information content (AvgIpc) is 2.85. The zero-order chi connectivity index (χ0) is 21.3. The van der Waals surface area contributed by atoms with Crippen LogP contribution in [0.15, 0.2) is 11.6 Å². The molecule has 9 nitrogen and oxygen atoms in total. The molecule has 2 bridgehead atoms. The Kier molecular flexibility index (Phi) is 3.56. The van der Waals surface area contributed by atoms with Gasteiger partial charge in [-0.05, 0) is 32.3 Å². The maximum Gasteiger partial charge on any atom is 0.338 e. The molecule has 0 amide bonds. The van der Waals surface area contributed by atoms with Crippen LogP contribution in [-0.4, -0.2) is 85.6 Å². The molecule has 2 saturated heterocycles. The molecular weight excluding hydrogens is 384 g/mol. The van der Waals surface area contributed by atoms with Gasteiger partial charge in [0.25, 0.3) is 0 Å². The summed E-state index contributed by atoms with van der Waals surface area (Å²) in [6, 6.07) is 0. The minimum atomic E-state index is -2.27. The van der Waals surface area contributed by atoms with E-state index < -0.39 is 76.1 Å². The van der Waals surface area contributed by atoms with Crippen LogP contribution in [0.5, 0.6) is 0 Å². The van der Waals surface area contributed by atoms with Crippen molar-refractivity contribution in [1.82, 2.24) is 0 Å². The van der Waals surface area contributed by atoms with Crippen molar-refractivity contribution in [2.24, 2.45) is 22.7 Å². The summed E-state index contributed by atoms with van der Waals surface area (Å²) < 4.78 is 11.4. The van der Waals surface area contributed by atoms with Crippen LogP contribution in [0, 0.1) is 22.7 Å². The summed E-state index contributed by atoms with van der Waals surface area (Å²) >= 11 is 0. The van der Waals surface area contributed by atoms with Crippen molar-refractivity contribution in [2.45, 2.75) is 68.9 Å². The van der Waals surface area contributed by atoms with Crippen LogP contribution in [-0.2, 0) is 19.1 Å². The lowest BCUT2D eigenvalue weighted by Crippen LogP contribution is -2.86. The zero-order valence-electron chi connectivity index (χ0n) is 16.4. The fraction of sp³-hybridized carbons (Fsp3) is 0.800. The van der Waals surface area contributed by atoms with Gasteiger partial charge in [0, 0.05) is 11.3 Å². The van der Waals surface area contributed by atoms with Crippen molar-refractivity contribution in [1.29, 1.82) is 0 Å². The number of fused-ring (bicyclic) bond motifs is 2. The number of hydrogen-bond donors (Lipinski definition) is 5. The minimum Gasteiger partial charge on any atom is -0.460 e. The molecule has 9 heteroatoms. The SMILES string of the molecule is CC1=CC(=O)[C@@H](O)[C@]2(C)[C@H]3[C@@H](O)[C@H](O)C4(C)OC[C@@]35[C@@H](C[C@@H]12)OC(=O)[C@H](O)[C@@]45O. The summed E-state index contributed by atoms with van der Waals surface area (Å²) in [6.07, 6.45) is -6.07. The van der Waals surface area contributed by atoms with Crippen molar-refractivity contribution < 1.29 is 44.6 Å². The highest BCUT2D eigenvalue weighted by Gasteiger charge is 2.88. The average molecular weight is 410 g/mol. The fourth-order valence-electron chi connectivity index (χ4n) is 7.56. The first-order chi connectivity index (χ1) is 13.4. The van der Waals surface area contributed by atoms with E-state index in [0.29, 0.717) is 5.57 Å². The Hall–Kier alpha value is -1.36. The second-order valence-corrected chi connectivity index (χ2v) is 9.79. The quantitative estimate of drug-likeness (QED) is 0.287. The molecule has 4 fully saturated rings. The first kappa shape index (κ1) is 19.6. The van der Waals surface area contributed by atoms with Gasteiger partial charge < -0.3 is 35.0 Å². The van der Waals surface area contributed by atoms with Crippen molar-refractivity contribution >= 4 is 11.8 Å². The van der Waals surface area contributed by atoms with E-state index in [9.17, 15) is 35.1 Å². The van der Waals surface area contributed by atoms with Crippen LogP contribution in [0.2, 0.25) is 0 Å². The molecule has 5 aliphatic rings. The van der Waals surface area contributed by atoms with E-state index >= 15 is 0 Å². The number of allylic oxidation sites excluding steroid dienone is 1. The van der Waals surface area contributed by atoms with Crippen LogP contribution in [0.25, 0.3) is 0 Å². The van der Waals surface area contributed by atoms with Crippen molar-refractivity contribution in [3.05, 3.63) is 11.6 Å². The molecule has 0 aromatic carbocycles. The van der Waals surface area contributed by atoms with Gasteiger partial charge in [0.05, 0.1) is 18.1 Å². The third-order valence-corrected chi connectivity index (χ3v) is 8.96. The number of ketones is 1. The molecule has 0 radical (unpaired) electrons. The lowest BCUT2D eigenvalue weighted by molar-refractivity contribution is -0.351. The number of carbonyl (C=O) groups is 2. The van der Waals surface area contributed by atoms with Gasteiger partial charge in [-0.25, -0.2) is 4.79 Å². The molecule has 1 unspecified atom stereocenters. The number of aliphatic hydroxyl groups excluding tert-OH is 4. The summed E-state index contributed by atoms with van der Waals surface area (Å²) in [5.74, 6) is -3.08. The largest absolute Gasteiger partial charge is 0.460 e. The summed E-state index contributed by atoms with van der Waals surface area (Å²) in [6.45, 7) is 4.52. The Morgan fingerprint density at radius 1 is 1.10 bits per heavy atom. The third kappa shape index (κ3) is 1.70. The Labute approximate surface area is 166 Å². The molecule has 3 aliphatic carbocycles. The van der Waals surface area contributed by atoms with Crippen LogP contribution >= 0.6 is 0 Å². The number of carbonyl (C=O) groups excluding carboxylic acids is 2. The molecule has 2 saturated carbocycles. The number of hydrogen-bond acceptors (Lipinski definition) is 9. The highest BCUT2D eigenvalue weighted by Crippen LogP contribution is 2.73. The first-order valence-electron chi connectivity index (χ1n) is 9.90. The van der Waals surface area contributed by atoms with E-state index in [1.54, 1.807) is 13.8 Å². The molecule has 1 spiro atoms. The fourth-order valence-corrected chi connectivity index (χ4v) is 7.56. The summed E-state index contributed by atoms with van der Waals surface area (Å²) in [5, 5.41) is 55.8. The molecule has 2 aliphatic heterocycles. The lowest BCUT2D eigenvalue weighted by Gasteiger charge is -2.70. The molecule has 11 atom stereocenters. The van der Waals surface area contributed by atoms with Crippen LogP contribution in [0.3, 0.4) is 0 Å². The predicted octanol–water partition coefficient (Wildman–Crippen LogP) is -1.95. The number of rotatable bonds is 0. The second-order valence-electron chi connectivity index (χ2n) is 9.79. The lowest BCUT2D eigenvalue weighted by atomic mass is 9.36. The minimum absolute atomic E-state index is 0.183. The second kappa shape index (κ2) is 5.27. The van der Waals surface area contributed by atoms with E-state index in [0.717, 1.165) is 0 Å². The zero-order valence-corrected chi connectivity index (χ0v) is 16.4. The van der Waals surface area contributed by atoms with Gasteiger partial charge in [-0.2, -0.15) is 0 Å². The molecule has 29 heavy (non-hydrogen) atoms.